The molecule has 0 spiro atoms. The van der Waals surface area contributed by atoms with Crippen LogP contribution >= 0.6 is 0 Å². The van der Waals surface area contributed by atoms with Crippen molar-refractivity contribution in [3.8, 4) is 12.3 Å². The van der Waals surface area contributed by atoms with Crippen LogP contribution in [0.1, 0.15) is 12.8 Å². The molecule has 0 radical (unpaired) electrons. The minimum absolute atomic E-state index is 0.158. The first-order valence-corrected chi connectivity index (χ1v) is 3.52. The molecule has 0 saturated heterocycles. The standard InChI is InChI=1S/C9H13NO2/c1-4-6-9(10,7-5-2)8(11)12-3/h1,5H,2,6-7,10H2,3H3/t9-/m0/s1. The summed E-state index contributed by atoms with van der Waals surface area (Å²) in [6, 6.07) is 0. The smallest absolute Gasteiger partial charge is 0.327 e. The minimum Gasteiger partial charge on any atom is -0.468 e. The molecule has 0 aromatic heterocycles. The van der Waals surface area contributed by atoms with Crippen LogP contribution in [0, 0.1) is 12.3 Å². The van der Waals surface area contributed by atoms with E-state index in [-0.39, 0.29) is 6.42 Å². The second-order valence-electron chi connectivity index (χ2n) is 2.52. The molecular formula is C9H13NO2. The van der Waals surface area contributed by atoms with E-state index in [4.69, 9.17) is 12.2 Å². The third-order valence-corrected chi connectivity index (χ3v) is 1.52. The van der Waals surface area contributed by atoms with E-state index in [9.17, 15) is 4.79 Å². The number of carbonyl (C=O) groups excluding carboxylic acids is 1. The Morgan fingerprint density at radius 3 is 2.83 bits per heavy atom. The molecule has 0 aromatic rings. The van der Waals surface area contributed by atoms with E-state index in [1.54, 1.807) is 6.08 Å². The molecule has 0 aliphatic rings. The van der Waals surface area contributed by atoms with Gasteiger partial charge in [-0.2, -0.15) is 0 Å². The predicted octanol–water partition coefficient (Wildman–Crippen LogP) is 0.456. The van der Waals surface area contributed by atoms with Crippen molar-refractivity contribution in [2.75, 3.05) is 7.11 Å². The lowest BCUT2D eigenvalue weighted by Crippen LogP contribution is -2.48. The van der Waals surface area contributed by atoms with E-state index >= 15 is 0 Å². The summed E-state index contributed by atoms with van der Waals surface area (Å²) in [5, 5.41) is 0. The highest BCUT2D eigenvalue weighted by atomic mass is 16.5. The van der Waals surface area contributed by atoms with Gasteiger partial charge in [-0.05, 0) is 6.42 Å². The Hall–Kier alpha value is -1.27. The van der Waals surface area contributed by atoms with Crippen LogP contribution in [-0.2, 0) is 9.53 Å². The van der Waals surface area contributed by atoms with Crippen molar-refractivity contribution in [2.24, 2.45) is 5.73 Å². The highest BCUT2D eigenvalue weighted by molar-refractivity contribution is 5.81. The summed E-state index contributed by atoms with van der Waals surface area (Å²) in [5.74, 6) is 1.84. The van der Waals surface area contributed by atoms with Crippen molar-refractivity contribution in [1.82, 2.24) is 0 Å². The summed E-state index contributed by atoms with van der Waals surface area (Å²) in [5.41, 5.74) is 4.58. The molecule has 12 heavy (non-hydrogen) atoms. The lowest BCUT2D eigenvalue weighted by Gasteiger charge is -2.22. The van der Waals surface area contributed by atoms with Crippen molar-refractivity contribution in [1.29, 1.82) is 0 Å². The van der Waals surface area contributed by atoms with E-state index < -0.39 is 11.5 Å². The van der Waals surface area contributed by atoms with Gasteiger partial charge in [0.1, 0.15) is 5.54 Å². The van der Waals surface area contributed by atoms with Gasteiger partial charge in [-0.15, -0.1) is 18.9 Å². The number of hydrogen-bond acceptors (Lipinski definition) is 3. The van der Waals surface area contributed by atoms with Crippen LogP contribution in [-0.4, -0.2) is 18.6 Å². The maximum absolute atomic E-state index is 11.1. The van der Waals surface area contributed by atoms with E-state index in [2.05, 4.69) is 17.2 Å². The molecule has 0 saturated carbocycles. The molecule has 1 atom stereocenters. The first-order chi connectivity index (χ1) is 5.60. The van der Waals surface area contributed by atoms with E-state index in [1.807, 2.05) is 0 Å². The average molecular weight is 167 g/mol. The summed E-state index contributed by atoms with van der Waals surface area (Å²) in [6.45, 7) is 3.49. The first-order valence-electron chi connectivity index (χ1n) is 3.52. The Morgan fingerprint density at radius 2 is 2.50 bits per heavy atom. The fourth-order valence-corrected chi connectivity index (χ4v) is 0.871. The Balaban J connectivity index is 4.49. The van der Waals surface area contributed by atoms with Gasteiger partial charge in [0.2, 0.25) is 0 Å². The van der Waals surface area contributed by atoms with Crippen LogP contribution in [0.5, 0.6) is 0 Å². The fraction of sp³-hybridized carbons (Fsp3) is 0.444. The molecule has 3 nitrogen and oxygen atoms in total. The van der Waals surface area contributed by atoms with Crippen LogP contribution in [0.2, 0.25) is 0 Å². The highest BCUT2D eigenvalue weighted by Crippen LogP contribution is 2.13. The lowest BCUT2D eigenvalue weighted by atomic mass is 9.93. The zero-order valence-electron chi connectivity index (χ0n) is 7.17. The quantitative estimate of drug-likeness (QED) is 0.376. The third kappa shape index (κ3) is 2.40. The van der Waals surface area contributed by atoms with Gasteiger partial charge in [-0.3, -0.25) is 4.79 Å². The second-order valence-corrected chi connectivity index (χ2v) is 2.52. The van der Waals surface area contributed by atoms with Gasteiger partial charge in [0.05, 0.1) is 7.11 Å². The van der Waals surface area contributed by atoms with Crippen LogP contribution in [0.25, 0.3) is 0 Å². The molecule has 0 unspecified atom stereocenters. The Morgan fingerprint density at radius 1 is 1.92 bits per heavy atom. The summed E-state index contributed by atoms with van der Waals surface area (Å²) in [7, 11) is 1.28. The molecule has 3 heteroatoms. The number of methoxy groups -OCH3 is 1. The highest BCUT2D eigenvalue weighted by Gasteiger charge is 2.32. The first kappa shape index (κ1) is 10.7. The van der Waals surface area contributed by atoms with Crippen molar-refractivity contribution in [3.05, 3.63) is 12.7 Å². The summed E-state index contributed by atoms with van der Waals surface area (Å²) >= 11 is 0. The number of hydrogen-bond donors (Lipinski definition) is 1. The maximum Gasteiger partial charge on any atom is 0.327 e. The molecule has 0 bridgehead atoms. The molecule has 0 amide bonds. The molecule has 66 valence electrons. The molecule has 0 heterocycles. The van der Waals surface area contributed by atoms with Gasteiger partial charge in [-0.25, -0.2) is 0 Å². The monoisotopic (exact) mass is 167 g/mol. The largest absolute Gasteiger partial charge is 0.468 e. The Labute approximate surface area is 72.6 Å². The summed E-state index contributed by atoms with van der Waals surface area (Å²) in [6.07, 6.45) is 7.10. The molecule has 0 aliphatic carbocycles. The molecule has 2 N–H and O–H groups in total. The molecule has 0 aromatic carbocycles. The summed E-state index contributed by atoms with van der Waals surface area (Å²) in [4.78, 5) is 11.1. The zero-order valence-corrected chi connectivity index (χ0v) is 7.17. The average Bonchev–Trinajstić information content (AvgIpc) is 2.04. The molecule has 0 rings (SSSR count). The van der Waals surface area contributed by atoms with Gasteiger partial charge in [-0.1, -0.05) is 6.08 Å². The van der Waals surface area contributed by atoms with Crippen molar-refractivity contribution in [2.45, 2.75) is 18.4 Å². The van der Waals surface area contributed by atoms with Crippen LogP contribution in [0.4, 0.5) is 0 Å². The van der Waals surface area contributed by atoms with Crippen LogP contribution in [0.15, 0.2) is 12.7 Å². The molecule has 0 fully saturated rings. The minimum atomic E-state index is -1.11. The van der Waals surface area contributed by atoms with Crippen molar-refractivity contribution >= 4 is 5.97 Å². The van der Waals surface area contributed by atoms with E-state index in [1.165, 1.54) is 7.11 Å². The van der Waals surface area contributed by atoms with Gasteiger partial charge in [0.25, 0.3) is 0 Å². The molecular weight excluding hydrogens is 154 g/mol. The topological polar surface area (TPSA) is 52.3 Å². The molecule has 0 aliphatic heterocycles. The number of esters is 1. The normalized spacial score (nSPS) is 14.1. The van der Waals surface area contributed by atoms with E-state index in [0.29, 0.717) is 6.42 Å². The van der Waals surface area contributed by atoms with Gasteiger partial charge < -0.3 is 10.5 Å². The Bertz CT molecular complexity index is 217. The van der Waals surface area contributed by atoms with Crippen molar-refractivity contribution < 1.29 is 9.53 Å². The predicted molar refractivity (Wildman–Crippen MR) is 47.2 cm³/mol. The number of carbonyl (C=O) groups is 1. The maximum atomic E-state index is 11.1. The number of ether oxygens (including phenoxy) is 1. The van der Waals surface area contributed by atoms with E-state index in [0.717, 1.165) is 0 Å². The van der Waals surface area contributed by atoms with Gasteiger partial charge in [0.15, 0.2) is 0 Å². The third-order valence-electron chi connectivity index (χ3n) is 1.52. The van der Waals surface area contributed by atoms with Crippen LogP contribution < -0.4 is 5.73 Å². The number of rotatable bonds is 4. The summed E-state index contributed by atoms with van der Waals surface area (Å²) < 4.78 is 4.51. The zero-order chi connectivity index (χ0) is 9.61. The van der Waals surface area contributed by atoms with Gasteiger partial charge >= 0.3 is 5.97 Å². The SMILES string of the molecule is C#CC[C@](N)(CC=C)C(=O)OC. The number of terminal acetylenes is 1. The Kier molecular flexibility index (Phi) is 4.09. The lowest BCUT2D eigenvalue weighted by molar-refractivity contribution is -0.146. The second kappa shape index (κ2) is 4.58. The van der Waals surface area contributed by atoms with Crippen LogP contribution in [0.3, 0.4) is 0 Å². The van der Waals surface area contributed by atoms with Gasteiger partial charge in [0, 0.05) is 6.42 Å². The fourth-order valence-electron chi connectivity index (χ4n) is 0.871. The van der Waals surface area contributed by atoms with Crippen molar-refractivity contribution in [3.63, 3.8) is 0 Å². The number of nitrogens with two attached hydrogens (primary N) is 1.